The van der Waals surface area contributed by atoms with Crippen LogP contribution in [0.1, 0.15) is 38.2 Å². The van der Waals surface area contributed by atoms with Crippen molar-refractivity contribution in [3.05, 3.63) is 29.8 Å². The summed E-state index contributed by atoms with van der Waals surface area (Å²) in [5.74, 6) is 0.301. The van der Waals surface area contributed by atoms with Crippen LogP contribution in [0.4, 0.5) is 10.5 Å². The molecule has 0 radical (unpaired) electrons. The normalized spacial score (nSPS) is 29.8. The summed E-state index contributed by atoms with van der Waals surface area (Å²) >= 11 is 0. The molecule has 1 atom stereocenters. The maximum Gasteiger partial charge on any atom is 0.338 e. The molecule has 1 aliphatic heterocycles. The van der Waals surface area contributed by atoms with Crippen molar-refractivity contribution < 1.29 is 14.7 Å². The molecule has 1 aliphatic carbocycles. The number of hydrazine groups is 1. The molecule has 3 rings (SSSR count). The number of aliphatic hydroxyl groups excluding tert-OH is 1. The Labute approximate surface area is 141 Å². The SMILES string of the molecule is Cc1ccc(NC(=O)NN2C(=O)C3(CCC(C)CC3)NC2O)cc1. The molecule has 0 aromatic heterocycles. The molecule has 1 spiro atoms. The van der Waals surface area contributed by atoms with Crippen molar-refractivity contribution in [1.82, 2.24) is 15.8 Å². The first-order valence-corrected chi connectivity index (χ1v) is 8.33. The Kier molecular flexibility index (Phi) is 4.47. The fourth-order valence-electron chi connectivity index (χ4n) is 3.35. The van der Waals surface area contributed by atoms with Crippen LogP contribution in [-0.2, 0) is 4.79 Å². The number of nitrogens with zero attached hydrogens (tertiary/aromatic N) is 1. The summed E-state index contributed by atoms with van der Waals surface area (Å²) in [5, 5.41) is 16.7. The molecule has 1 heterocycles. The lowest BCUT2D eigenvalue weighted by atomic mass is 9.77. The average Bonchev–Trinajstić information content (AvgIpc) is 2.77. The zero-order valence-electron chi connectivity index (χ0n) is 14.0. The van der Waals surface area contributed by atoms with Gasteiger partial charge in [-0.25, -0.2) is 15.2 Å². The predicted molar refractivity (Wildman–Crippen MR) is 89.7 cm³/mol. The van der Waals surface area contributed by atoms with Gasteiger partial charge in [0.15, 0.2) is 0 Å². The lowest BCUT2D eigenvalue weighted by Crippen LogP contribution is -2.52. The molecule has 130 valence electrons. The van der Waals surface area contributed by atoms with Gasteiger partial charge in [-0.3, -0.25) is 10.1 Å². The smallest absolute Gasteiger partial charge is 0.338 e. The fourth-order valence-corrected chi connectivity index (χ4v) is 3.35. The molecule has 1 aromatic carbocycles. The monoisotopic (exact) mass is 332 g/mol. The quantitative estimate of drug-likeness (QED) is 0.663. The van der Waals surface area contributed by atoms with Crippen LogP contribution in [0.5, 0.6) is 0 Å². The molecule has 7 heteroatoms. The molecular formula is C17H24N4O3. The Morgan fingerprint density at radius 3 is 2.54 bits per heavy atom. The maximum absolute atomic E-state index is 12.7. The number of rotatable bonds is 2. The zero-order valence-corrected chi connectivity index (χ0v) is 14.0. The van der Waals surface area contributed by atoms with E-state index in [-0.39, 0.29) is 5.91 Å². The third-order valence-electron chi connectivity index (χ3n) is 4.94. The van der Waals surface area contributed by atoms with Gasteiger partial charge >= 0.3 is 6.03 Å². The number of carbonyl (C=O) groups excluding carboxylic acids is 2. The Morgan fingerprint density at radius 2 is 1.92 bits per heavy atom. The van der Waals surface area contributed by atoms with Crippen molar-refractivity contribution in [1.29, 1.82) is 0 Å². The molecule has 2 fully saturated rings. The Morgan fingerprint density at radius 1 is 1.29 bits per heavy atom. The average molecular weight is 332 g/mol. The molecule has 7 nitrogen and oxygen atoms in total. The van der Waals surface area contributed by atoms with E-state index in [9.17, 15) is 14.7 Å². The van der Waals surface area contributed by atoms with Crippen LogP contribution < -0.4 is 16.1 Å². The fraction of sp³-hybridized carbons (Fsp3) is 0.529. The second-order valence-electron chi connectivity index (χ2n) is 6.89. The molecule has 1 saturated carbocycles. The summed E-state index contributed by atoms with van der Waals surface area (Å²) in [6.07, 6.45) is 1.97. The second kappa shape index (κ2) is 6.41. The first-order chi connectivity index (χ1) is 11.4. The van der Waals surface area contributed by atoms with Crippen molar-refractivity contribution in [2.75, 3.05) is 5.32 Å². The van der Waals surface area contributed by atoms with Gasteiger partial charge in [0, 0.05) is 5.69 Å². The van der Waals surface area contributed by atoms with Crippen molar-refractivity contribution >= 4 is 17.6 Å². The highest BCUT2D eigenvalue weighted by atomic mass is 16.3. The number of urea groups is 1. The Bertz CT molecular complexity index is 623. The first-order valence-electron chi connectivity index (χ1n) is 8.33. The predicted octanol–water partition coefficient (Wildman–Crippen LogP) is 1.69. The Hall–Kier alpha value is -2.12. The summed E-state index contributed by atoms with van der Waals surface area (Å²) < 4.78 is 0. The molecule has 1 saturated heterocycles. The number of anilines is 1. The molecule has 0 bridgehead atoms. The number of hydrogen-bond donors (Lipinski definition) is 4. The van der Waals surface area contributed by atoms with E-state index in [4.69, 9.17) is 0 Å². The molecular weight excluding hydrogens is 308 g/mol. The largest absolute Gasteiger partial charge is 0.359 e. The van der Waals surface area contributed by atoms with E-state index < -0.39 is 17.9 Å². The molecule has 4 N–H and O–H groups in total. The van der Waals surface area contributed by atoms with Gasteiger partial charge in [-0.1, -0.05) is 24.6 Å². The molecule has 1 unspecified atom stereocenters. The Balaban J connectivity index is 1.63. The highest BCUT2D eigenvalue weighted by Crippen LogP contribution is 2.36. The van der Waals surface area contributed by atoms with E-state index in [1.807, 2.05) is 19.1 Å². The van der Waals surface area contributed by atoms with E-state index in [1.54, 1.807) is 12.1 Å². The minimum atomic E-state index is -1.21. The number of nitrogens with one attached hydrogen (secondary N) is 3. The third-order valence-corrected chi connectivity index (χ3v) is 4.94. The van der Waals surface area contributed by atoms with E-state index in [2.05, 4.69) is 23.0 Å². The minimum absolute atomic E-state index is 0.277. The van der Waals surface area contributed by atoms with E-state index in [1.165, 1.54) is 0 Å². The molecule has 24 heavy (non-hydrogen) atoms. The van der Waals surface area contributed by atoms with Crippen molar-refractivity contribution in [2.24, 2.45) is 5.92 Å². The molecule has 1 aromatic rings. The standard InChI is InChI=1S/C17H24N4O3/c1-11-3-5-13(6-4-11)18-15(23)20-21-14(22)17(19-16(21)24)9-7-12(2)8-10-17/h3-6,12,16,19,24H,7-10H2,1-2H3,(H2,18,20,23). The van der Waals surface area contributed by atoms with E-state index in [0.717, 1.165) is 23.4 Å². The van der Waals surface area contributed by atoms with Crippen LogP contribution in [0.15, 0.2) is 24.3 Å². The first kappa shape index (κ1) is 16.7. The number of amides is 3. The van der Waals surface area contributed by atoms with Gasteiger partial charge < -0.3 is 10.4 Å². The highest BCUT2D eigenvalue weighted by molar-refractivity contribution is 5.94. The highest BCUT2D eigenvalue weighted by Gasteiger charge is 2.52. The van der Waals surface area contributed by atoms with Gasteiger partial charge in [0.25, 0.3) is 5.91 Å². The van der Waals surface area contributed by atoms with Crippen molar-refractivity contribution in [2.45, 2.75) is 51.4 Å². The second-order valence-corrected chi connectivity index (χ2v) is 6.89. The minimum Gasteiger partial charge on any atom is -0.359 e. The summed E-state index contributed by atoms with van der Waals surface area (Å²) in [5.41, 5.74) is 3.39. The topological polar surface area (TPSA) is 93.7 Å². The molecule has 3 amide bonds. The van der Waals surface area contributed by atoms with Crippen LogP contribution in [0.25, 0.3) is 0 Å². The molecule has 2 aliphatic rings. The summed E-state index contributed by atoms with van der Waals surface area (Å²) in [6, 6.07) is 6.75. The van der Waals surface area contributed by atoms with Gasteiger partial charge in [-0.2, -0.15) is 0 Å². The summed E-state index contributed by atoms with van der Waals surface area (Å²) in [6.45, 7) is 4.12. The van der Waals surface area contributed by atoms with Gasteiger partial charge in [0.2, 0.25) is 6.35 Å². The number of hydrogen-bond acceptors (Lipinski definition) is 4. The van der Waals surface area contributed by atoms with Crippen molar-refractivity contribution in [3.63, 3.8) is 0 Å². The van der Waals surface area contributed by atoms with Crippen molar-refractivity contribution in [3.8, 4) is 0 Å². The third kappa shape index (κ3) is 3.22. The van der Waals surface area contributed by atoms with E-state index in [0.29, 0.717) is 24.4 Å². The van der Waals surface area contributed by atoms with Crippen LogP contribution in [-0.4, -0.2) is 33.9 Å². The summed E-state index contributed by atoms with van der Waals surface area (Å²) in [7, 11) is 0. The van der Waals surface area contributed by atoms with E-state index >= 15 is 0 Å². The van der Waals surface area contributed by atoms with Gasteiger partial charge in [-0.05, 0) is 50.7 Å². The van der Waals surface area contributed by atoms with Crippen LogP contribution >= 0.6 is 0 Å². The zero-order chi connectivity index (χ0) is 17.3. The van der Waals surface area contributed by atoms with Gasteiger partial charge in [-0.15, -0.1) is 0 Å². The van der Waals surface area contributed by atoms with Gasteiger partial charge in [0.05, 0.1) is 0 Å². The maximum atomic E-state index is 12.7. The van der Waals surface area contributed by atoms with Gasteiger partial charge in [0.1, 0.15) is 5.54 Å². The number of carbonyl (C=O) groups is 2. The number of aryl methyl sites for hydroxylation is 1. The number of benzene rings is 1. The lowest BCUT2D eigenvalue weighted by molar-refractivity contribution is -0.140. The summed E-state index contributed by atoms with van der Waals surface area (Å²) in [4.78, 5) is 24.8. The lowest BCUT2D eigenvalue weighted by Gasteiger charge is -2.33. The van der Waals surface area contributed by atoms with Crippen LogP contribution in [0.3, 0.4) is 0 Å². The van der Waals surface area contributed by atoms with Crippen LogP contribution in [0.2, 0.25) is 0 Å². The van der Waals surface area contributed by atoms with Crippen LogP contribution in [0, 0.1) is 12.8 Å². The number of aliphatic hydroxyl groups is 1.